The van der Waals surface area contributed by atoms with Gasteiger partial charge in [0.05, 0.1) is 6.54 Å². The van der Waals surface area contributed by atoms with E-state index in [4.69, 9.17) is 0 Å². The lowest BCUT2D eigenvalue weighted by molar-refractivity contribution is -0.114. The fourth-order valence-electron chi connectivity index (χ4n) is 2.77. The Balaban J connectivity index is 1.52. The first kappa shape index (κ1) is 19.2. The van der Waals surface area contributed by atoms with E-state index in [-0.39, 0.29) is 18.4 Å². The van der Waals surface area contributed by atoms with Crippen LogP contribution in [0.5, 0.6) is 0 Å². The summed E-state index contributed by atoms with van der Waals surface area (Å²) in [4.78, 5) is 24.4. The first-order valence-corrected chi connectivity index (χ1v) is 9.08. The van der Waals surface area contributed by atoms with Crippen LogP contribution in [-0.4, -0.2) is 18.4 Å². The number of hydrogen-bond acceptors (Lipinski definition) is 3. The van der Waals surface area contributed by atoms with Gasteiger partial charge in [-0.05, 0) is 67.9 Å². The minimum atomic E-state index is -0.164. The Morgan fingerprint density at radius 1 is 0.714 bits per heavy atom. The number of aryl methyl sites for hydroxylation is 2. The fourth-order valence-corrected chi connectivity index (χ4v) is 2.77. The Hall–Kier alpha value is -3.60. The van der Waals surface area contributed by atoms with Crippen molar-refractivity contribution in [2.75, 3.05) is 22.5 Å². The van der Waals surface area contributed by atoms with Gasteiger partial charge in [0.2, 0.25) is 5.91 Å². The molecule has 0 spiro atoms. The molecule has 0 radical (unpaired) electrons. The van der Waals surface area contributed by atoms with Gasteiger partial charge in [0.1, 0.15) is 0 Å². The van der Waals surface area contributed by atoms with Crippen LogP contribution in [-0.2, 0) is 4.79 Å². The van der Waals surface area contributed by atoms with Gasteiger partial charge < -0.3 is 16.0 Å². The van der Waals surface area contributed by atoms with E-state index in [0.29, 0.717) is 16.9 Å². The zero-order valence-corrected chi connectivity index (χ0v) is 16.0. The second-order valence-electron chi connectivity index (χ2n) is 6.67. The largest absolute Gasteiger partial charge is 0.376 e. The standard InChI is InChI=1S/C23H23N3O2/c1-16-5-3-7-18(13-16)23(28)26-20-11-9-19(10-12-20)25-22(27)15-24-21-8-4-6-17(2)14-21/h3-14,24H,15H2,1-2H3,(H,25,27)(H,26,28). The highest BCUT2D eigenvalue weighted by atomic mass is 16.2. The lowest BCUT2D eigenvalue weighted by atomic mass is 10.1. The highest BCUT2D eigenvalue weighted by Crippen LogP contribution is 2.15. The third kappa shape index (κ3) is 5.45. The van der Waals surface area contributed by atoms with Crippen LogP contribution in [0.4, 0.5) is 17.1 Å². The van der Waals surface area contributed by atoms with E-state index in [1.54, 1.807) is 30.3 Å². The SMILES string of the molecule is Cc1cccc(NCC(=O)Nc2ccc(NC(=O)c3cccc(C)c3)cc2)c1. The van der Waals surface area contributed by atoms with Gasteiger partial charge in [-0.2, -0.15) is 0 Å². The van der Waals surface area contributed by atoms with Crippen LogP contribution < -0.4 is 16.0 Å². The van der Waals surface area contributed by atoms with Crippen molar-refractivity contribution in [3.63, 3.8) is 0 Å². The van der Waals surface area contributed by atoms with Crippen LogP contribution in [0.3, 0.4) is 0 Å². The van der Waals surface area contributed by atoms with Crippen molar-refractivity contribution < 1.29 is 9.59 Å². The second kappa shape index (κ2) is 8.86. The third-order valence-electron chi connectivity index (χ3n) is 4.18. The minimum absolute atomic E-state index is 0.141. The van der Waals surface area contributed by atoms with Gasteiger partial charge in [-0.3, -0.25) is 9.59 Å². The number of hydrogen-bond donors (Lipinski definition) is 3. The van der Waals surface area contributed by atoms with Crippen LogP contribution in [0.1, 0.15) is 21.5 Å². The first-order valence-electron chi connectivity index (χ1n) is 9.08. The Labute approximate surface area is 164 Å². The molecule has 0 saturated carbocycles. The highest BCUT2D eigenvalue weighted by Gasteiger charge is 2.07. The van der Waals surface area contributed by atoms with E-state index in [1.807, 2.05) is 56.3 Å². The van der Waals surface area contributed by atoms with Gasteiger partial charge in [-0.15, -0.1) is 0 Å². The molecule has 0 atom stereocenters. The maximum atomic E-state index is 12.3. The van der Waals surface area contributed by atoms with Crippen LogP contribution in [0, 0.1) is 13.8 Å². The molecule has 5 heteroatoms. The summed E-state index contributed by atoms with van der Waals surface area (Å²) in [5.41, 5.74) is 5.02. The van der Waals surface area contributed by atoms with E-state index >= 15 is 0 Å². The second-order valence-corrected chi connectivity index (χ2v) is 6.67. The Bertz CT molecular complexity index is 981. The molecule has 142 valence electrons. The predicted molar refractivity (Wildman–Crippen MR) is 114 cm³/mol. The molecule has 0 aliphatic rings. The molecule has 3 rings (SSSR count). The summed E-state index contributed by atoms with van der Waals surface area (Å²) in [7, 11) is 0. The van der Waals surface area contributed by atoms with Gasteiger partial charge >= 0.3 is 0 Å². The molecule has 2 amide bonds. The monoisotopic (exact) mass is 373 g/mol. The summed E-state index contributed by atoms with van der Waals surface area (Å²) in [6.45, 7) is 4.13. The highest BCUT2D eigenvalue weighted by molar-refractivity contribution is 6.04. The number of carbonyl (C=O) groups excluding carboxylic acids is 2. The number of rotatable bonds is 6. The van der Waals surface area contributed by atoms with E-state index in [2.05, 4.69) is 16.0 Å². The third-order valence-corrected chi connectivity index (χ3v) is 4.18. The van der Waals surface area contributed by atoms with Gasteiger partial charge in [0.15, 0.2) is 0 Å². The van der Waals surface area contributed by atoms with E-state index in [9.17, 15) is 9.59 Å². The van der Waals surface area contributed by atoms with Crippen LogP contribution >= 0.6 is 0 Å². The molecule has 3 aromatic rings. The van der Waals surface area contributed by atoms with Crippen LogP contribution in [0.15, 0.2) is 72.8 Å². The number of benzene rings is 3. The summed E-state index contributed by atoms with van der Waals surface area (Å²) in [6, 6.07) is 22.3. The number of amides is 2. The van der Waals surface area contributed by atoms with Gasteiger partial charge in [0.25, 0.3) is 5.91 Å². The van der Waals surface area contributed by atoms with Gasteiger partial charge in [-0.1, -0.05) is 29.8 Å². The molecule has 0 aromatic heterocycles. The molecular formula is C23H23N3O2. The van der Waals surface area contributed by atoms with Crippen LogP contribution in [0.2, 0.25) is 0 Å². The maximum Gasteiger partial charge on any atom is 0.255 e. The average molecular weight is 373 g/mol. The van der Waals surface area contributed by atoms with Crippen molar-refractivity contribution in [2.24, 2.45) is 0 Å². The fraction of sp³-hybridized carbons (Fsp3) is 0.130. The number of anilines is 3. The van der Waals surface area contributed by atoms with Crippen molar-refractivity contribution >= 4 is 28.9 Å². The molecule has 5 nitrogen and oxygen atoms in total. The lowest BCUT2D eigenvalue weighted by Gasteiger charge is -2.10. The topological polar surface area (TPSA) is 70.2 Å². The van der Waals surface area contributed by atoms with E-state index in [0.717, 1.165) is 16.8 Å². The molecule has 3 aromatic carbocycles. The summed E-state index contributed by atoms with van der Waals surface area (Å²) < 4.78 is 0. The predicted octanol–water partition coefficient (Wildman–Crippen LogP) is 4.61. The Kier molecular flexibility index (Phi) is 6.07. The minimum Gasteiger partial charge on any atom is -0.376 e. The van der Waals surface area contributed by atoms with Gasteiger partial charge in [-0.25, -0.2) is 0 Å². The lowest BCUT2D eigenvalue weighted by Crippen LogP contribution is -2.21. The molecule has 0 aliphatic carbocycles. The van der Waals surface area contributed by atoms with Crippen molar-refractivity contribution in [3.8, 4) is 0 Å². The number of nitrogens with one attached hydrogen (secondary N) is 3. The molecular weight excluding hydrogens is 350 g/mol. The molecule has 0 bridgehead atoms. The summed E-state index contributed by atoms with van der Waals surface area (Å²) in [5.74, 6) is -0.305. The Morgan fingerprint density at radius 3 is 1.96 bits per heavy atom. The normalized spacial score (nSPS) is 10.2. The Morgan fingerprint density at radius 2 is 1.32 bits per heavy atom. The van der Waals surface area contributed by atoms with E-state index in [1.165, 1.54) is 0 Å². The van der Waals surface area contributed by atoms with E-state index < -0.39 is 0 Å². The molecule has 0 heterocycles. The molecule has 0 fully saturated rings. The zero-order valence-electron chi connectivity index (χ0n) is 16.0. The van der Waals surface area contributed by atoms with Crippen molar-refractivity contribution in [3.05, 3.63) is 89.5 Å². The molecule has 0 unspecified atom stereocenters. The van der Waals surface area contributed by atoms with Crippen molar-refractivity contribution in [1.82, 2.24) is 0 Å². The molecule has 3 N–H and O–H groups in total. The summed E-state index contributed by atoms with van der Waals surface area (Å²) >= 11 is 0. The molecule has 28 heavy (non-hydrogen) atoms. The smallest absolute Gasteiger partial charge is 0.255 e. The number of carbonyl (C=O) groups is 2. The zero-order chi connectivity index (χ0) is 19.9. The summed E-state index contributed by atoms with van der Waals surface area (Å²) in [5, 5.41) is 8.78. The van der Waals surface area contributed by atoms with Crippen molar-refractivity contribution in [1.29, 1.82) is 0 Å². The average Bonchev–Trinajstić information content (AvgIpc) is 2.68. The summed E-state index contributed by atoms with van der Waals surface area (Å²) in [6.07, 6.45) is 0. The van der Waals surface area contributed by atoms with Crippen molar-refractivity contribution in [2.45, 2.75) is 13.8 Å². The quantitative estimate of drug-likeness (QED) is 0.591. The van der Waals surface area contributed by atoms with Gasteiger partial charge in [0, 0.05) is 22.6 Å². The molecule has 0 aliphatic heterocycles. The molecule has 0 saturated heterocycles. The first-order chi connectivity index (χ1) is 13.5. The van der Waals surface area contributed by atoms with Crippen LogP contribution in [0.25, 0.3) is 0 Å². The maximum absolute atomic E-state index is 12.3.